The average Bonchev–Trinajstić information content (AvgIpc) is 2.64. The third-order valence-electron chi connectivity index (χ3n) is 3.84. The first kappa shape index (κ1) is 20.0. The van der Waals surface area contributed by atoms with E-state index in [1.54, 1.807) is 23.1 Å². The zero-order valence-electron chi connectivity index (χ0n) is 15.1. The van der Waals surface area contributed by atoms with Gasteiger partial charge in [-0.3, -0.25) is 4.79 Å². The van der Waals surface area contributed by atoms with Crippen LogP contribution in [0.4, 0.5) is 0 Å². The van der Waals surface area contributed by atoms with Crippen LogP contribution >= 0.6 is 15.9 Å². The summed E-state index contributed by atoms with van der Waals surface area (Å²) in [6.07, 6.45) is 0. The van der Waals surface area contributed by atoms with Crippen molar-refractivity contribution in [3.05, 3.63) is 64.1 Å². The number of halogens is 1. The molecule has 2 aromatic carbocycles. The Balaban J connectivity index is 2.02. The van der Waals surface area contributed by atoms with Crippen LogP contribution in [0.15, 0.2) is 53.0 Å². The zero-order valence-corrected chi connectivity index (χ0v) is 16.7. The van der Waals surface area contributed by atoms with Gasteiger partial charge in [-0.25, -0.2) is 4.79 Å². The van der Waals surface area contributed by atoms with Crippen LogP contribution in [0.25, 0.3) is 0 Å². The van der Waals surface area contributed by atoms with Crippen molar-refractivity contribution in [1.29, 1.82) is 0 Å². The number of carbonyl (C=O) groups excluding carboxylic acids is 2. The van der Waals surface area contributed by atoms with Crippen molar-refractivity contribution in [1.82, 2.24) is 4.90 Å². The van der Waals surface area contributed by atoms with Gasteiger partial charge >= 0.3 is 5.97 Å². The third-order valence-corrected chi connectivity index (χ3v) is 4.46. The van der Waals surface area contributed by atoms with Gasteiger partial charge in [0, 0.05) is 12.6 Å². The molecule has 2 rings (SSSR count). The summed E-state index contributed by atoms with van der Waals surface area (Å²) in [6.45, 7) is 4.40. The Morgan fingerprint density at radius 3 is 2.38 bits per heavy atom. The van der Waals surface area contributed by atoms with Crippen molar-refractivity contribution in [2.45, 2.75) is 26.4 Å². The molecular formula is C20H22BrNO4. The van der Waals surface area contributed by atoms with Gasteiger partial charge < -0.3 is 14.4 Å². The molecule has 0 atom stereocenters. The summed E-state index contributed by atoms with van der Waals surface area (Å²) in [5.41, 5.74) is 1.48. The first-order chi connectivity index (χ1) is 12.4. The van der Waals surface area contributed by atoms with Crippen LogP contribution in [0.1, 0.15) is 29.8 Å². The van der Waals surface area contributed by atoms with Crippen LogP contribution in [0.3, 0.4) is 0 Å². The predicted octanol–water partition coefficient (Wildman–Crippen LogP) is 4.05. The highest BCUT2D eigenvalue weighted by Crippen LogP contribution is 2.26. The van der Waals surface area contributed by atoms with E-state index in [1.807, 2.05) is 44.2 Å². The molecule has 0 saturated heterocycles. The van der Waals surface area contributed by atoms with Crippen molar-refractivity contribution in [2.24, 2.45) is 0 Å². The van der Waals surface area contributed by atoms with E-state index in [1.165, 1.54) is 7.11 Å². The number of hydrogen-bond donors (Lipinski definition) is 0. The molecular weight excluding hydrogens is 398 g/mol. The molecule has 0 fully saturated rings. The molecule has 0 spiro atoms. The van der Waals surface area contributed by atoms with Crippen LogP contribution in [-0.4, -0.2) is 36.5 Å². The molecule has 5 nitrogen and oxygen atoms in total. The molecule has 0 N–H and O–H groups in total. The quantitative estimate of drug-likeness (QED) is 0.635. The predicted molar refractivity (Wildman–Crippen MR) is 103 cm³/mol. The molecule has 0 heterocycles. The van der Waals surface area contributed by atoms with Crippen molar-refractivity contribution >= 4 is 27.8 Å². The van der Waals surface area contributed by atoms with Gasteiger partial charge in [-0.1, -0.05) is 30.3 Å². The summed E-state index contributed by atoms with van der Waals surface area (Å²) in [4.78, 5) is 25.9. The second-order valence-corrected chi connectivity index (χ2v) is 6.88. The lowest BCUT2D eigenvalue weighted by molar-refractivity contribution is -0.135. The van der Waals surface area contributed by atoms with Crippen LogP contribution in [0.5, 0.6) is 5.75 Å². The number of benzene rings is 2. The molecule has 26 heavy (non-hydrogen) atoms. The minimum absolute atomic E-state index is 0.0523. The van der Waals surface area contributed by atoms with E-state index in [-0.39, 0.29) is 18.6 Å². The SMILES string of the molecule is COC(=O)c1ccc(OCC(=O)N(Cc2ccccc2)C(C)C)c(Br)c1. The standard InChI is InChI=1S/C20H22BrNO4/c1-14(2)22(12-15-7-5-4-6-8-15)19(23)13-26-18-10-9-16(11-17(18)21)20(24)25-3/h4-11,14H,12-13H2,1-3H3. The number of hydrogen-bond acceptors (Lipinski definition) is 4. The van der Waals surface area contributed by atoms with Crippen molar-refractivity contribution in [3.63, 3.8) is 0 Å². The van der Waals surface area contributed by atoms with Gasteiger partial charge in [-0.05, 0) is 53.5 Å². The monoisotopic (exact) mass is 419 g/mol. The van der Waals surface area contributed by atoms with Gasteiger partial charge in [0.2, 0.25) is 0 Å². The third kappa shape index (κ3) is 5.33. The highest BCUT2D eigenvalue weighted by molar-refractivity contribution is 9.10. The summed E-state index contributed by atoms with van der Waals surface area (Å²) < 4.78 is 10.9. The molecule has 0 aliphatic heterocycles. The Labute approximate surface area is 162 Å². The normalized spacial score (nSPS) is 10.5. The largest absolute Gasteiger partial charge is 0.483 e. The fourth-order valence-electron chi connectivity index (χ4n) is 2.42. The second kappa shape index (κ2) is 9.38. The molecule has 138 valence electrons. The number of carbonyl (C=O) groups is 2. The lowest BCUT2D eigenvalue weighted by atomic mass is 10.2. The number of methoxy groups -OCH3 is 1. The maximum absolute atomic E-state index is 12.6. The minimum atomic E-state index is -0.429. The van der Waals surface area contributed by atoms with E-state index < -0.39 is 5.97 Å². The maximum Gasteiger partial charge on any atom is 0.337 e. The van der Waals surface area contributed by atoms with Gasteiger partial charge in [0.1, 0.15) is 5.75 Å². The maximum atomic E-state index is 12.6. The topological polar surface area (TPSA) is 55.8 Å². The highest BCUT2D eigenvalue weighted by atomic mass is 79.9. The summed E-state index contributed by atoms with van der Waals surface area (Å²) in [7, 11) is 1.33. The Morgan fingerprint density at radius 2 is 1.81 bits per heavy atom. The molecule has 0 aliphatic rings. The van der Waals surface area contributed by atoms with E-state index >= 15 is 0 Å². The van der Waals surface area contributed by atoms with Crippen LogP contribution in [-0.2, 0) is 16.1 Å². The summed E-state index contributed by atoms with van der Waals surface area (Å²) in [5, 5.41) is 0. The molecule has 1 amide bonds. The molecule has 0 aliphatic carbocycles. The lowest BCUT2D eigenvalue weighted by Gasteiger charge is -2.27. The van der Waals surface area contributed by atoms with E-state index in [9.17, 15) is 9.59 Å². The smallest absolute Gasteiger partial charge is 0.337 e. The molecule has 6 heteroatoms. The van der Waals surface area contributed by atoms with E-state index in [0.717, 1.165) is 5.56 Å². The molecule has 0 saturated carbocycles. The number of esters is 1. The second-order valence-electron chi connectivity index (χ2n) is 6.03. The Bertz CT molecular complexity index is 762. The highest BCUT2D eigenvalue weighted by Gasteiger charge is 2.18. The van der Waals surface area contributed by atoms with Gasteiger partial charge in [-0.2, -0.15) is 0 Å². The van der Waals surface area contributed by atoms with Gasteiger partial charge in [-0.15, -0.1) is 0 Å². The Morgan fingerprint density at radius 1 is 1.12 bits per heavy atom. The Hall–Kier alpha value is -2.34. The number of amides is 1. The number of nitrogens with zero attached hydrogens (tertiary/aromatic N) is 1. The average molecular weight is 420 g/mol. The van der Waals surface area contributed by atoms with Gasteiger partial charge in [0.05, 0.1) is 17.1 Å². The summed E-state index contributed by atoms with van der Waals surface area (Å²) in [5.74, 6) is -0.0376. The van der Waals surface area contributed by atoms with Gasteiger partial charge in [0.15, 0.2) is 6.61 Å². The molecule has 0 unspecified atom stereocenters. The van der Waals surface area contributed by atoms with E-state index in [2.05, 4.69) is 20.7 Å². The van der Waals surface area contributed by atoms with Gasteiger partial charge in [0.25, 0.3) is 5.91 Å². The molecule has 0 bridgehead atoms. The van der Waals surface area contributed by atoms with Crippen molar-refractivity contribution < 1.29 is 19.1 Å². The first-order valence-electron chi connectivity index (χ1n) is 8.26. The lowest BCUT2D eigenvalue weighted by Crippen LogP contribution is -2.39. The van der Waals surface area contributed by atoms with Crippen molar-refractivity contribution in [2.75, 3.05) is 13.7 Å². The van der Waals surface area contributed by atoms with E-state index in [0.29, 0.717) is 22.3 Å². The van der Waals surface area contributed by atoms with E-state index in [4.69, 9.17) is 4.74 Å². The Kier molecular flexibility index (Phi) is 7.21. The molecule has 0 aromatic heterocycles. The molecule has 2 aromatic rings. The number of rotatable bonds is 7. The van der Waals surface area contributed by atoms with Crippen LogP contribution in [0.2, 0.25) is 0 Å². The fraction of sp³-hybridized carbons (Fsp3) is 0.300. The van der Waals surface area contributed by atoms with Crippen molar-refractivity contribution in [3.8, 4) is 5.75 Å². The minimum Gasteiger partial charge on any atom is -0.483 e. The number of ether oxygens (including phenoxy) is 2. The summed E-state index contributed by atoms with van der Waals surface area (Å²) >= 11 is 3.36. The summed E-state index contributed by atoms with van der Waals surface area (Å²) in [6, 6.07) is 14.7. The van der Waals surface area contributed by atoms with Crippen LogP contribution < -0.4 is 4.74 Å². The molecule has 0 radical (unpaired) electrons. The van der Waals surface area contributed by atoms with Crippen LogP contribution in [0, 0.1) is 0 Å². The zero-order chi connectivity index (χ0) is 19.1. The first-order valence-corrected chi connectivity index (χ1v) is 9.05. The fourth-order valence-corrected chi connectivity index (χ4v) is 2.92.